The van der Waals surface area contributed by atoms with E-state index in [1.54, 1.807) is 24.4 Å². The summed E-state index contributed by atoms with van der Waals surface area (Å²) in [6, 6.07) is 13.8. The third-order valence-electron chi connectivity index (χ3n) is 3.79. The molecule has 0 atom stereocenters. The van der Waals surface area contributed by atoms with Crippen molar-refractivity contribution in [1.82, 2.24) is 4.98 Å². The van der Waals surface area contributed by atoms with E-state index in [1.165, 1.54) is 23.5 Å². The average Bonchev–Trinajstić information content (AvgIpc) is 3.06. The molecule has 0 saturated carbocycles. The second-order valence-electron chi connectivity index (χ2n) is 6.15. The molecule has 0 spiro atoms. The highest BCUT2D eigenvalue weighted by Gasteiger charge is 2.10. The molecule has 0 unspecified atom stereocenters. The summed E-state index contributed by atoms with van der Waals surface area (Å²) < 4.78 is 28.0. The predicted molar refractivity (Wildman–Crippen MR) is 108 cm³/mol. The number of nitrogens with two attached hydrogens (primary N) is 1. The van der Waals surface area contributed by atoms with Crippen LogP contribution < -0.4 is 15.2 Å². The number of rotatable bonds is 7. The molecule has 1 aromatic heterocycles. The number of carbonyl (C=O) groups is 1. The SMILES string of the molecule is Cc1cccc(OCC(=O)Nc2ncc(Cc3ccc(S(N)(=O)=O)cc3)s2)c1. The Morgan fingerprint density at radius 1 is 1.21 bits per heavy atom. The van der Waals surface area contributed by atoms with Gasteiger partial charge in [-0.3, -0.25) is 10.1 Å². The number of carbonyl (C=O) groups excluding carboxylic acids is 1. The number of sulfonamides is 1. The molecule has 2 aromatic carbocycles. The van der Waals surface area contributed by atoms with Gasteiger partial charge >= 0.3 is 0 Å². The molecule has 3 aromatic rings. The topological polar surface area (TPSA) is 111 Å². The van der Waals surface area contributed by atoms with Crippen LogP contribution in [-0.4, -0.2) is 25.9 Å². The van der Waals surface area contributed by atoms with E-state index in [9.17, 15) is 13.2 Å². The van der Waals surface area contributed by atoms with Gasteiger partial charge in [-0.15, -0.1) is 11.3 Å². The van der Waals surface area contributed by atoms with Crippen LogP contribution >= 0.6 is 11.3 Å². The first kappa shape index (κ1) is 20.0. The van der Waals surface area contributed by atoms with E-state index in [4.69, 9.17) is 9.88 Å². The Morgan fingerprint density at radius 2 is 1.96 bits per heavy atom. The van der Waals surface area contributed by atoms with Crippen LogP contribution in [0, 0.1) is 6.92 Å². The van der Waals surface area contributed by atoms with Crippen LogP contribution in [0.4, 0.5) is 5.13 Å². The van der Waals surface area contributed by atoms with Gasteiger partial charge in [0, 0.05) is 17.5 Å². The number of aryl methyl sites for hydroxylation is 1. The van der Waals surface area contributed by atoms with Gasteiger partial charge in [-0.1, -0.05) is 24.3 Å². The van der Waals surface area contributed by atoms with Crippen molar-refractivity contribution in [1.29, 1.82) is 0 Å². The lowest BCUT2D eigenvalue weighted by molar-refractivity contribution is -0.118. The monoisotopic (exact) mass is 417 g/mol. The highest BCUT2D eigenvalue weighted by atomic mass is 32.2. The Morgan fingerprint density at radius 3 is 2.64 bits per heavy atom. The first-order valence-electron chi connectivity index (χ1n) is 8.35. The molecule has 28 heavy (non-hydrogen) atoms. The smallest absolute Gasteiger partial charge is 0.264 e. The van der Waals surface area contributed by atoms with E-state index in [0.717, 1.165) is 16.0 Å². The molecule has 1 heterocycles. The van der Waals surface area contributed by atoms with Gasteiger partial charge in [0.05, 0.1) is 4.90 Å². The summed E-state index contributed by atoms with van der Waals surface area (Å²) in [6.07, 6.45) is 2.24. The fraction of sp³-hybridized carbons (Fsp3) is 0.158. The number of thiazole rings is 1. The minimum absolute atomic E-state index is 0.0714. The zero-order chi connectivity index (χ0) is 20.1. The molecule has 0 radical (unpaired) electrons. The number of hydrogen-bond acceptors (Lipinski definition) is 6. The second kappa shape index (κ2) is 8.51. The Balaban J connectivity index is 1.54. The van der Waals surface area contributed by atoms with E-state index in [1.807, 2.05) is 25.1 Å². The van der Waals surface area contributed by atoms with Crippen molar-refractivity contribution in [2.24, 2.45) is 5.14 Å². The molecule has 3 N–H and O–H groups in total. The Kier molecular flexibility index (Phi) is 6.08. The van der Waals surface area contributed by atoms with Crippen LogP contribution in [-0.2, 0) is 21.2 Å². The van der Waals surface area contributed by atoms with Gasteiger partial charge < -0.3 is 4.74 Å². The Labute approximate surface area is 167 Å². The number of benzene rings is 2. The summed E-state index contributed by atoms with van der Waals surface area (Å²) in [6.45, 7) is 1.85. The minimum atomic E-state index is -3.70. The molecule has 146 valence electrons. The molecule has 1 amide bonds. The lowest BCUT2D eigenvalue weighted by atomic mass is 10.1. The molecular weight excluding hydrogens is 398 g/mol. The van der Waals surface area contributed by atoms with Crippen LogP contribution in [0.15, 0.2) is 59.6 Å². The second-order valence-corrected chi connectivity index (χ2v) is 8.83. The lowest BCUT2D eigenvalue weighted by Gasteiger charge is -2.06. The molecule has 0 bridgehead atoms. The zero-order valence-electron chi connectivity index (χ0n) is 15.1. The van der Waals surface area contributed by atoms with Crippen molar-refractivity contribution in [2.45, 2.75) is 18.2 Å². The van der Waals surface area contributed by atoms with Crippen molar-refractivity contribution < 1.29 is 17.9 Å². The normalized spacial score (nSPS) is 11.2. The number of aromatic nitrogens is 1. The average molecular weight is 418 g/mol. The minimum Gasteiger partial charge on any atom is -0.484 e. The van der Waals surface area contributed by atoms with Gasteiger partial charge in [0.25, 0.3) is 5.91 Å². The summed E-state index contributed by atoms with van der Waals surface area (Å²) >= 11 is 1.35. The number of ether oxygens (including phenoxy) is 1. The zero-order valence-corrected chi connectivity index (χ0v) is 16.7. The van der Waals surface area contributed by atoms with Crippen molar-refractivity contribution in [3.05, 3.63) is 70.7 Å². The molecule has 3 rings (SSSR count). The van der Waals surface area contributed by atoms with Crippen LogP contribution in [0.5, 0.6) is 5.75 Å². The highest BCUT2D eigenvalue weighted by molar-refractivity contribution is 7.89. The van der Waals surface area contributed by atoms with Crippen molar-refractivity contribution in [3.63, 3.8) is 0 Å². The number of nitrogens with zero attached hydrogens (tertiary/aromatic N) is 1. The number of amides is 1. The third-order valence-corrected chi connectivity index (χ3v) is 5.63. The van der Waals surface area contributed by atoms with E-state index in [2.05, 4.69) is 10.3 Å². The van der Waals surface area contributed by atoms with Gasteiger partial charge in [0.2, 0.25) is 10.0 Å². The maximum absolute atomic E-state index is 12.0. The van der Waals surface area contributed by atoms with Gasteiger partial charge in [-0.25, -0.2) is 18.5 Å². The summed E-state index contributed by atoms with van der Waals surface area (Å²) in [7, 11) is -3.70. The number of hydrogen-bond donors (Lipinski definition) is 2. The van der Waals surface area contributed by atoms with E-state index >= 15 is 0 Å². The fourth-order valence-corrected chi connectivity index (χ4v) is 3.83. The number of nitrogens with one attached hydrogen (secondary N) is 1. The molecule has 0 aliphatic rings. The quantitative estimate of drug-likeness (QED) is 0.614. The number of anilines is 1. The first-order chi connectivity index (χ1) is 13.3. The molecule has 0 aliphatic carbocycles. The van der Waals surface area contributed by atoms with Gasteiger partial charge in [0.1, 0.15) is 5.75 Å². The summed E-state index contributed by atoms with van der Waals surface area (Å²) in [5, 5.41) is 8.28. The Hall–Kier alpha value is -2.75. The Bertz CT molecular complexity index is 1080. The van der Waals surface area contributed by atoms with Crippen LogP contribution in [0.3, 0.4) is 0 Å². The first-order valence-corrected chi connectivity index (χ1v) is 10.7. The molecule has 0 fully saturated rings. The van der Waals surface area contributed by atoms with E-state index < -0.39 is 10.0 Å². The standard InChI is InChI=1S/C19H19N3O4S2/c1-13-3-2-4-15(9-13)26-12-18(23)22-19-21-11-16(27-19)10-14-5-7-17(8-6-14)28(20,24)25/h2-9,11H,10,12H2,1H3,(H2,20,24,25)(H,21,22,23). The fourth-order valence-electron chi connectivity index (χ4n) is 2.45. The van der Waals surface area contributed by atoms with Crippen molar-refractivity contribution in [2.75, 3.05) is 11.9 Å². The van der Waals surface area contributed by atoms with Gasteiger partial charge in [-0.2, -0.15) is 0 Å². The largest absolute Gasteiger partial charge is 0.484 e. The van der Waals surface area contributed by atoms with Crippen molar-refractivity contribution >= 4 is 32.4 Å². The van der Waals surface area contributed by atoms with Crippen LogP contribution in [0.25, 0.3) is 0 Å². The predicted octanol–water partition coefficient (Wildman–Crippen LogP) is 2.71. The molecular formula is C19H19N3O4S2. The van der Waals surface area contributed by atoms with Gasteiger partial charge in [0.15, 0.2) is 11.7 Å². The van der Waals surface area contributed by atoms with Crippen molar-refractivity contribution in [3.8, 4) is 5.75 Å². The highest BCUT2D eigenvalue weighted by Crippen LogP contribution is 2.22. The lowest BCUT2D eigenvalue weighted by Crippen LogP contribution is -2.19. The van der Waals surface area contributed by atoms with E-state index in [-0.39, 0.29) is 17.4 Å². The molecule has 0 aliphatic heterocycles. The number of primary sulfonamides is 1. The molecule has 7 nitrogen and oxygen atoms in total. The van der Waals surface area contributed by atoms with Crippen LogP contribution in [0.2, 0.25) is 0 Å². The molecule has 0 saturated heterocycles. The van der Waals surface area contributed by atoms with E-state index in [0.29, 0.717) is 17.3 Å². The summed E-state index contributed by atoms with van der Waals surface area (Å²) in [5.41, 5.74) is 1.97. The van der Waals surface area contributed by atoms with Gasteiger partial charge in [-0.05, 0) is 42.3 Å². The summed E-state index contributed by atoms with van der Waals surface area (Å²) in [5.74, 6) is 0.345. The summed E-state index contributed by atoms with van der Waals surface area (Å²) in [4.78, 5) is 17.2. The molecule has 9 heteroatoms. The maximum Gasteiger partial charge on any atom is 0.264 e. The van der Waals surface area contributed by atoms with Crippen LogP contribution in [0.1, 0.15) is 16.0 Å². The maximum atomic E-state index is 12.0. The third kappa shape index (κ3) is 5.62.